The van der Waals surface area contributed by atoms with Gasteiger partial charge in [-0.05, 0) is 32.6 Å². The van der Waals surface area contributed by atoms with Crippen LogP contribution in [0.3, 0.4) is 0 Å². The van der Waals surface area contributed by atoms with Crippen LogP contribution in [-0.4, -0.2) is 63.7 Å². The first-order valence-corrected chi connectivity index (χ1v) is 9.03. The lowest BCUT2D eigenvalue weighted by Gasteiger charge is -2.39. The minimum absolute atomic E-state index is 0.0791. The van der Waals surface area contributed by atoms with Crippen molar-refractivity contribution in [1.82, 2.24) is 14.5 Å². The molecule has 5 nitrogen and oxygen atoms in total. The molecule has 0 aromatic heterocycles. The summed E-state index contributed by atoms with van der Waals surface area (Å²) < 4.78 is 27.0. The van der Waals surface area contributed by atoms with Crippen LogP contribution in [0.1, 0.15) is 18.0 Å². The molecular formula is C15H25N3O2S. The summed E-state index contributed by atoms with van der Waals surface area (Å²) in [5.41, 5.74) is 1.07. The van der Waals surface area contributed by atoms with E-state index in [1.54, 1.807) is 4.31 Å². The Kier molecular flexibility index (Phi) is 5.75. The average molecular weight is 311 g/mol. The Balaban J connectivity index is 2.18. The molecule has 118 valence electrons. The second-order valence-electron chi connectivity index (χ2n) is 5.57. The molecule has 1 saturated heterocycles. The SMILES string of the molecule is CNCCCS(=O)(=O)N1CCN(C)CC1c1ccccc1. The van der Waals surface area contributed by atoms with Gasteiger partial charge in [0.15, 0.2) is 0 Å². The number of benzene rings is 1. The van der Waals surface area contributed by atoms with E-state index in [9.17, 15) is 8.42 Å². The fraction of sp³-hybridized carbons (Fsp3) is 0.600. The van der Waals surface area contributed by atoms with Crippen LogP contribution < -0.4 is 5.32 Å². The van der Waals surface area contributed by atoms with E-state index in [1.807, 2.05) is 44.4 Å². The van der Waals surface area contributed by atoms with Gasteiger partial charge in [0.1, 0.15) is 0 Å². The number of rotatable bonds is 6. The van der Waals surface area contributed by atoms with Crippen LogP contribution in [0.2, 0.25) is 0 Å². The Bertz CT molecular complexity index is 533. The van der Waals surface area contributed by atoms with Gasteiger partial charge in [0.25, 0.3) is 0 Å². The van der Waals surface area contributed by atoms with E-state index in [2.05, 4.69) is 10.2 Å². The maximum atomic E-state index is 12.6. The molecule has 1 aliphatic rings. The zero-order valence-corrected chi connectivity index (χ0v) is 13.6. The standard InChI is InChI=1S/C15H25N3O2S/c1-16-9-6-12-21(19,20)18-11-10-17(2)13-15(18)14-7-4-3-5-8-14/h3-5,7-8,15-16H,6,9-13H2,1-2H3. The highest BCUT2D eigenvalue weighted by Crippen LogP contribution is 2.27. The normalized spacial score (nSPS) is 21.5. The maximum absolute atomic E-state index is 12.6. The molecule has 0 spiro atoms. The Morgan fingerprint density at radius 2 is 1.95 bits per heavy atom. The first-order valence-electron chi connectivity index (χ1n) is 7.42. The number of likely N-dealkylation sites (N-methyl/N-ethyl adjacent to an activating group) is 1. The van der Waals surface area contributed by atoms with Gasteiger partial charge in [-0.25, -0.2) is 8.42 Å². The lowest BCUT2D eigenvalue weighted by molar-refractivity contribution is 0.160. The number of piperazine rings is 1. The van der Waals surface area contributed by atoms with E-state index >= 15 is 0 Å². The molecule has 1 atom stereocenters. The molecule has 0 saturated carbocycles. The smallest absolute Gasteiger partial charge is 0.214 e. The van der Waals surface area contributed by atoms with E-state index in [1.165, 1.54) is 0 Å². The van der Waals surface area contributed by atoms with Gasteiger partial charge in [-0.1, -0.05) is 30.3 Å². The topological polar surface area (TPSA) is 52.7 Å². The zero-order valence-electron chi connectivity index (χ0n) is 12.8. The molecule has 0 radical (unpaired) electrons. The number of nitrogens with zero attached hydrogens (tertiary/aromatic N) is 2. The van der Waals surface area contributed by atoms with Crippen LogP contribution >= 0.6 is 0 Å². The Hall–Kier alpha value is -0.950. The van der Waals surface area contributed by atoms with Crippen LogP contribution in [0, 0.1) is 0 Å². The maximum Gasteiger partial charge on any atom is 0.214 e. The Morgan fingerprint density at radius 3 is 2.62 bits per heavy atom. The summed E-state index contributed by atoms with van der Waals surface area (Å²) in [7, 11) is 0.675. The molecule has 6 heteroatoms. The molecule has 1 aromatic rings. The molecule has 1 unspecified atom stereocenters. The van der Waals surface area contributed by atoms with Crippen molar-refractivity contribution in [3.05, 3.63) is 35.9 Å². The molecule has 1 N–H and O–H groups in total. The lowest BCUT2D eigenvalue weighted by atomic mass is 10.1. The predicted octanol–water partition coefficient (Wildman–Crippen LogP) is 0.914. The number of nitrogens with one attached hydrogen (secondary N) is 1. The van der Waals surface area contributed by atoms with Gasteiger partial charge in [-0.3, -0.25) is 0 Å². The van der Waals surface area contributed by atoms with Gasteiger partial charge < -0.3 is 10.2 Å². The van der Waals surface area contributed by atoms with Crippen molar-refractivity contribution < 1.29 is 8.42 Å². The van der Waals surface area contributed by atoms with Gasteiger partial charge >= 0.3 is 0 Å². The second kappa shape index (κ2) is 7.35. The molecule has 0 amide bonds. The van der Waals surface area contributed by atoms with E-state index in [-0.39, 0.29) is 11.8 Å². The Morgan fingerprint density at radius 1 is 1.24 bits per heavy atom. The van der Waals surface area contributed by atoms with E-state index in [0.717, 1.165) is 25.2 Å². The van der Waals surface area contributed by atoms with E-state index in [0.29, 0.717) is 13.0 Å². The van der Waals surface area contributed by atoms with Crippen molar-refractivity contribution in [2.75, 3.05) is 46.0 Å². The third-order valence-electron chi connectivity index (χ3n) is 3.91. The third kappa shape index (κ3) is 4.26. The zero-order chi connectivity index (χ0) is 15.3. The van der Waals surface area contributed by atoms with Crippen molar-refractivity contribution in [3.63, 3.8) is 0 Å². The van der Waals surface area contributed by atoms with Gasteiger partial charge in [0.2, 0.25) is 10.0 Å². The molecule has 1 aromatic carbocycles. The van der Waals surface area contributed by atoms with Crippen LogP contribution in [0.4, 0.5) is 0 Å². The fourth-order valence-electron chi connectivity index (χ4n) is 2.73. The van der Waals surface area contributed by atoms with Crippen molar-refractivity contribution in [3.8, 4) is 0 Å². The molecule has 0 bridgehead atoms. The first-order chi connectivity index (χ1) is 10.0. The summed E-state index contributed by atoms with van der Waals surface area (Å²) in [4.78, 5) is 2.19. The number of hydrogen-bond acceptors (Lipinski definition) is 4. The van der Waals surface area contributed by atoms with Crippen LogP contribution in [-0.2, 0) is 10.0 Å². The number of hydrogen-bond donors (Lipinski definition) is 1. The predicted molar refractivity (Wildman–Crippen MR) is 85.7 cm³/mol. The third-order valence-corrected chi connectivity index (χ3v) is 5.86. The van der Waals surface area contributed by atoms with Gasteiger partial charge in [0, 0.05) is 19.6 Å². The average Bonchev–Trinajstić information content (AvgIpc) is 2.48. The largest absolute Gasteiger partial charge is 0.320 e. The van der Waals surface area contributed by atoms with E-state index in [4.69, 9.17) is 0 Å². The minimum Gasteiger partial charge on any atom is -0.320 e. The van der Waals surface area contributed by atoms with Crippen LogP contribution in [0.15, 0.2) is 30.3 Å². The quantitative estimate of drug-likeness (QED) is 0.794. The summed E-state index contributed by atoms with van der Waals surface area (Å²) >= 11 is 0. The highest BCUT2D eigenvalue weighted by Gasteiger charge is 2.34. The summed E-state index contributed by atoms with van der Waals surface area (Å²) in [6, 6.07) is 9.84. The summed E-state index contributed by atoms with van der Waals surface area (Å²) in [6.45, 7) is 2.82. The molecule has 2 rings (SSSR count). The van der Waals surface area contributed by atoms with Crippen molar-refractivity contribution in [2.45, 2.75) is 12.5 Å². The molecular weight excluding hydrogens is 286 g/mol. The monoisotopic (exact) mass is 311 g/mol. The van der Waals surface area contributed by atoms with E-state index < -0.39 is 10.0 Å². The van der Waals surface area contributed by atoms with Crippen molar-refractivity contribution >= 4 is 10.0 Å². The molecule has 1 aliphatic heterocycles. The minimum atomic E-state index is -3.21. The first kappa shape index (κ1) is 16.4. The molecule has 0 aliphatic carbocycles. The molecule has 21 heavy (non-hydrogen) atoms. The summed E-state index contributed by atoms with van der Waals surface area (Å²) in [5.74, 6) is 0.209. The fourth-order valence-corrected chi connectivity index (χ4v) is 4.41. The summed E-state index contributed by atoms with van der Waals surface area (Å²) in [6.07, 6.45) is 0.646. The molecule has 1 heterocycles. The van der Waals surface area contributed by atoms with Gasteiger partial charge in [-0.15, -0.1) is 0 Å². The highest BCUT2D eigenvalue weighted by atomic mass is 32.2. The van der Waals surface area contributed by atoms with Crippen LogP contribution in [0.5, 0.6) is 0 Å². The van der Waals surface area contributed by atoms with Gasteiger partial charge in [-0.2, -0.15) is 4.31 Å². The summed E-state index contributed by atoms with van der Waals surface area (Å²) in [5, 5.41) is 3.00. The van der Waals surface area contributed by atoms with Crippen molar-refractivity contribution in [2.24, 2.45) is 0 Å². The lowest BCUT2D eigenvalue weighted by Crippen LogP contribution is -2.49. The second-order valence-corrected chi connectivity index (χ2v) is 7.61. The Labute approximate surface area is 128 Å². The van der Waals surface area contributed by atoms with Gasteiger partial charge in [0.05, 0.1) is 11.8 Å². The highest BCUT2D eigenvalue weighted by molar-refractivity contribution is 7.89. The molecule has 1 fully saturated rings. The number of sulfonamides is 1. The van der Waals surface area contributed by atoms with Crippen LogP contribution in [0.25, 0.3) is 0 Å². The van der Waals surface area contributed by atoms with Crippen molar-refractivity contribution in [1.29, 1.82) is 0 Å².